The van der Waals surface area contributed by atoms with Crippen LogP contribution in [0, 0.1) is 5.92 Å². The Morgan fingerprint density at radius 3 is 2.71 bits per heavy atom. The van der Waals surface area contributed by atoms with Gasteiger partial charge in [0.1, 0.15) is 0 Å². The van der Waals surface area contributed by atoms with Gasteiger partial charge in [-0.1, -0.05) is 12.1 Å². The average Bonchev–Trinajstić information content (AvgIpc) is 3.30. The van der Waals surface area contributed by atoms with Gasteiger partial charge < -0.3 is 10.6 Å². The normalized spacial score (nSPS) is 16.3. The monoisotopic (exact) mass is 311 g/mol. The number of rotatable bonds is 6. The standard InChI is InChI=1S/C14H21N3O3S/c1-10(12-6-7-12)17-14(18)16-9-11-4-3-5-13(8-11)21(19,20)15-2/h3-5,8,10,12,15H,6-7,9H2,1-2H3,(H2,16,17,18). The van der Waals surface area contributed by atoms with Crippen molar-refractivity contribution in [2.75, 3.05) is 7.05 Å². The molecule has 0 aliphatic heterocycles. The number of carbonyl (C=O) groups excluding carboxylic acids is 1. The molecule has 0 spiro atoms. The predicted molar refractivity (Wildman–Crippen MR) is 80.2 cm³/mol. The van der Waals surface area contributed by atoms with Crippen molar-refractivity contribution in [2.45, 2.75) is 37.2 Å². The van der Waals surface area contributed by atoms with Gasteiger partial charge >= 0.3 is 6.03 Å². The second-order valence-electron chi connectivity index (χ2n) is 5.31. The second kappa shape index (κ2) is 6.44. The zero-order valence-electron chi connectivity index (χ0n) is 12.2. The van der Waals surface area contributed by atoms with Crippen LogP contribution in [0.2, 0.25) is 0 Å². The molecule has 0 heterocycles. The van der Waals surface area contributed by atoms with Crippen molar-refractivity contribution in [1.82, 2.24) is 15.4 Å². The molecule has 1 unspecified atom stereocenters. The minimum Gasteiger partial charge on any atom is -0.335 e. The average molecular weight is 311 g/mol. The van der Waals surface area contributed by atoms with Crippen molar-refractivity contribution in [2.24, 2.45) is 5.92 Å². The van der Waals surface area contributed by atoms with Crippen LogP contribution < -0.4 is 15.4 Å². The van der Waals surface area contributed by atoms with Crippen LogP contribution in [-0.2, 0) is 16.6 Å². The lowest BCUT2D eigenvalue weighted by molar-refractivity contribution is 0.236. The number of amides is 2. The molecule has 0 bridgehead atoms. The summed E-state index contributed by atoms with van der Waals surface area (Å²) in [7, 11) is -2.09. The molecule has 3 N–H and O–H groups in total. The SMILES string of the molecule is CNS(=O)(=O)c1cccc(CNC(=O)NC(C)C2CC2)c1. The maximum atomic E-state index is 11.7. The van der Waals surface area contributed by atoms with Crippen molar-refractivity contribution in [3.05, 3.63) is 29.8 Å². The summed E-state index contributed by atoms with van der Waals surface area (Å²) in [4.78, 5) is 11.9. The number of sulfonamides is 1. The lowest BCUT2D eigenvalue weighted by atomic mass is 10.2. The lowest BCUT2D eigenvalue weighted by Gasteiger charge is -2.14. The van der Waals surface area contributed by atoms with Gasteiger partial charge in [0, 0.05) is 12.6 Å². The van der Waals surface area contributed by atoms with Gasteiger partial charge in [0.2, 0.25) is 10.0 Å². The molecule has 2 rings (SSSR count). The summed E-state index contributed by atoms with van der Waals surface area (Å²) in [6.45, 7) is 2.29. The molecule has 0 saturated heterocycles. The van der Waals surface area contributed by atoms with Crippen molar-refractivity contribution in [3.63, 3.8) is 0 Å². The molecule has 7 heteroatoms. The molecule has 1 saturated carbocycles. The predicted octanol–water partition coefficient (Wildman–Crippen LogP) is 1.19. The Morgan fingerprint density at radius 1 is 1.38 bits per heavy atom. The summed E-state index contributed by atoms with van der Waals surface area (Å²) in [6.07, 6.45) is 2.34. The highest BCUT2D eigenvalue weighted by Gasteiger charge is 2.28. The largest absolute Gasteiger partial charge is 0.335 e. The van der Waals surface area contributed by atoms with Crippen molar-refractivity contribution in [3.8, 4) is 0 Å². The van der Waals surface area contributed by atoms with Gasteiger partial charge in [0.25, 0.3) is 0 Å². The molecule has 21 heavy (non-hydrogen) atoms. The summed E-state index contributed by atoms with van der Waals surface area (Å²) >= 11 is 0. The Kier molecular flexibility index (Phi) is 4.84. The molecule has 1 aromatic rings. The molecule has 1 aliphatic rings. The van der Waals surface area contributed by atoms with Gasteiger partial charge in [0.15, 0.2) is 0 Å². The summed E-state index contributed by atoms with van der Waals surface area (Å²) in [5, 5.41) is 5.63. The maximum Gasteiger partial charge on any atom is 0.315 e. The van der Waals surface area contributed by atoms with Crippen molar-refractivity contribution in [1.29, 1.82) is 0 Å². The Morgan fingerprint density at radius 2 is 2.10 bits per heavy atom. The third-order valence-corrected chi connectivity index (χ3v) is 5.03. The molecule has 2 amide bonds. The zero-order chi connectivity index (χ0) is 15.5. The fourth-order valence-electron chi connectivity index (χ4n) is 2.09. The van der Waals surface area contributed by atoms with Crippen molar-refractivity contribution >= 4 is 16.1 Å². The molecule has 116 valence electrons. The van der Waals surface area contributed by atoms with E-state index in [1.54, 1.807) is 18.2 Å². The maximum absolute atomic E-state index is 11.7. The van der Waals surface area contributed by atoms with Crippen LogP contribution in [0.3, 0.4) is 0 Å². The van der Waals surface area contributed by atoms with E-state index in [0.29, 0.717) is 5.92 Å². The fraction of sp³-hybridized carbons (Fsp3) is 0.500. The third-order valence-electron chi connectivity index (χ3n) is 3.62. The minimum atomic E-state index is -3.46. The number of hydrogen-bond donors (Lipinski definition) is 3. The Hall–Kier alpha value is -1.60. The number of benzene rings is 1. The van der Waals surface area contributed by atoms with E-state index in [1.807, 2.05) is 6.92 Å². The van der Waals surface area contributed by atoms with E-state index < -0.39 is 10.0 Å². The molecule has 1 atom stereocenters. The van der Waals surface area contributed by atoms with E-state index >= 15 is 0 Å². The molecule has 1 aromatic carbocycles. The molecule has 1 fully saturated rings. The van der Waals surface area contributed by atoms with Crippen LogP contribution in [0.4, 0.5) is 4.79 Å². The Balaban J connectivity index is 1.91. The number of carbonyl (C=O) groups is 1. The molecule has 0 aromatic heterocycles. The first-order valence-electron chi connectivity index (χ1n) is 6.99. The smallest absolute Gasteiger partial charge is 0.315 e. The Bertz CT molecular complexity index is 612. The van der Waals surface area contributed by atoms with E-state index in [4.69, 9.17) is 0 Å². The third kappa shape index (κ3) is 4.44. The highest BCUT2D eigenvalue weighted by atomic mass is 32.2. The van der Waals surface area contributed by atoms with Crippen LogP contribution >= 0.6 is 0 Å². The van der Waals surface area contributed by atoms with E-state index in [1.165, 1.54) is 26.0 Å². The first-order valence-corrected chi connectivity index (χ1v) is 8.47. The van der Waals surface area contributed by atoms with Gasteiger partial charge in [-0.25, -0.2) is 17.9 Å². The second-order valence-corrected chi connectivity index (χ2v) is 7.19. The summed E-state index contributed by atoms with van der Waals surface area (Å²) < 4.78 is 25.7. The number of hydrogen-bond acceptors (Lipinski definition) is 3. The lowest BCUT2D eigenvalue weighted by Crippen LogP contribution is -2.41. The molecule has 1 aliphatic carbocycles. The fourth-order valence-corrected chi connectivity index (χ4v) is 2.89. The summed E-state index contributed by atoms with van der Waals surface area (Å²) in [5.41, 5.74) is 0.737. The number of nitrogens with one attached hydrogen (secondary N) is 3. The van der Waals surface area contributed by atoms with Gasteiger partial charge in [0.05, 0.1) is 4.90 Å². The summed E-state index contributed by atoms with van der Waals surface area (Å²) in [5.74, 6) is 0.597. The zero-order valence-corrected chi connectivity index (χ0v) is 13.0. The molecular formula is C14H21N3O3S. The van der Waals surface area contributed by atoms with Crippen LogP contribution in [0.15, 0.2) is 29.2 Å². The van der Waals surface area contributed by atoms with E-state index in [-0.39, 0.29) is 23.5 Å². The van der Waals surface area contributed by atoms with Gasteiger partial charge in [-0.2, -0.15) is 0 Å². The van der Waals surface area contributed by atoms with E-state index in [2.05, 4.69) is 15.4 Å². The first-order chi connectivity index (χ1) is 9.92. The van der Waals surface area contributed by atoms with Gasteiger partial charge in [-0.15, -0.1) is 0 Å². The van der Waals surface area contributed by atoms with Crippen LogP contribution in [-0.4, -0.2) is 27.5 Å². The Labute approximate surface area is 125 Å². The topological polar surface area (TPSA) is 87.3 Å². The number of urea groups is 1. The molecular weight excluding hydrogens is 290 g/mol. The van der Waals surface area contributed by atoms with Crippen LogP contribution in [0.1, 0.15) is 25.3 Å². The quantitative estimate of drug-likeness (QED) is 0.737. The highest BCUT2D eigenvalue weighted by Crippen LogP contribution is 2.32. The highest BCUT2D eigenvalue weighted by molar-refractivity contribution is 7.89. The first kappa shape index (κ1) is 15.8. The van der Waals surface area contributed by atoms with E-state index in [9.17, 15) is 13.2 Å². The molecule has 0 radical (unpaired) electrons. The van der Waals surface area contributed by atoms with E-state index in [0.717, 1.165) is 5.56 Å². The molecule has 6 nitrogen and oxygen atoms in total. The minimum absolute atomic E-state index is 0.181. The van der Waals surface area contributed by atoms with Crippen LogP contribution in [0.25, 0.3) is 0 Å². The van der Waals surface area contributed by atoms with Crippen LogP contribution in [0.5, 0.6) is 0 Å². The van der Waals surface area contributed by atoms with Crippen molar-refractivity contribution < 1.29 is 13.2 Å². The van der Waals surface area contributed by atoms with Gasteiger partial charge in [-0.05, 0) is 50.4 Å². The van der Waals surface area contributed by atoms with Gasteiger partial charge in [-0.3, -0.25) is 0 Å². The summed E-state index contributed by atoms with van der Waals surface area (Å²) in [6, 6.07) is 6.46.